The molecule has 1 aromatic carbocycles. The van der Waals surface area contributed by atoms with E-state index in [1.807, 2.05) is 4.90 Å². The second-order valence-electron chi connectivity index (χ2n) is 6.14. The minimum Gasteiger partial charge on any atom is -0.490 e. The molecular formula is C18H25F2N3O4. The Labute approximate surface area is 157 Å². The number of urea groups is 1. The fourth-order valence-corrected chi connectivity index (χ4v) is 2.66. The number of halogens is 2. The van der Waals surface area contributed by atoms with Crippen molar-refractivity contribution in [2.45, 2.75) is 45.9 Å². The van der Waals surface area contributed by atoms with E-state index in [9.17, 15) is 18.4 Å². The number of imide groups is 1. The molecular weight excluding hydrogens is 360 g/mol. The highest BCUT2D eigenvalue weighted by Gasteiger charge is 2.30. The largest absolute Gasteiger partial charge is 0.490 e. The van der Waals surface area contributed by atoms with Crippen molar-refractivity contribution in [1.29, 1.82) is 0 Å². The first kappa shape index (κ1) is 20.9. The van der Waals surface area contributed by atoms with Crippen LogP contribution in [-0.4, -0.2) is 49.2 Å². The van der Waals surface area contributed by atoms with Gasteiger partial charge in [-0.1, -0.05) is 6.07 Å². The van der Waals surface area contributed by atoms with Crippen molar-refractivity contribution in [3.8, 4) is 11.5 Å². The summed E-state index contributed by atoms with van der Waals surface area (Å²) in [4.78, 5) is 25.5. The summed E-state index contributed by atoms with van der Waals surface area (Å²) in [5.74, 6) is -0.184. The van der Waals surface area contributed by atoms with Gasteiger partial charge in [-0.25, -0.2) is 4.79 Å². The van der Waals surface area contributed by atoms with Crippen molar-refractivity contribution < 1.29 is 27.8 Å². The number of hydrogen-bond acceptors (Lipinski definition) is 5. The van der Waals surface area contributed by atoms with Crippen LogP contribution in [0.3, 0.4) is 0 Å². The summed E-state index contributed by atoms with van der Waals surface area (Å²) in [5.41, 5.74) is 0.803. The third-order valence-electron chi connectivity index (χ3n) is 3.91. The minimum atomic E-state index is -2.93. The molecule has 2 N–H and O–H groups in total. The Kier molecular flexibility index (Phi) is 7.78. The van der Waals surface area contributed by atoms with Gasteiger partial charge in [0.25, 0.3) is 0 Å². The Morgan fingerprint density at radius 3 is 2.59 bits per heavy atom. The van der Waals surface area contributed by atoms with Crippen LogP contribution in [0.15, 0.2) is 18.2 Å². The lowest BCUT2D eigenvalue weighted by Crippen LogP contribution is -2.44. The molecule has 0 spiro atoms. The average Bonchev–Trinajstić information content (AvgIpc) is 3.41. The molecule has 150 valence electrons. The maximum absolute atomic E-state index is 12.5. The molecule has 2 rings (SSSR count). The number of carbonyl (C=O) groups is 2. The van der Waals surface area contributed by atoms with Crippen LogP contribution in [-0.2, 0) is 11.3 Å². The van der Waals surface area contributed by atoms with E-state index in [0.717, 1.165) is 18.4 Å². The standard InChI is InChI=1S/C18H25F2N3O4/c1-3-21-18(25)22-16(24)11-23(13-6-7-13)10-12-5-8-14(27-17(19)20)15(9-12)26-4-2/h5,8-9,13,17H,3-4,6-7,10-11H2,1-2H3,(H2,21,22,24,25). The zero-order valence-electron chi connectivity index (χ0n) is 15.5. The van der Waals surface area contributed by atoms with Gasteiger partial charge in [0.1, 0.15) is 0 Å². The van der Waals surface area contributed by atoms with Crippen LogP contribution in [0.2, 0.25) is 0 Å². The van der Waals surface area contributed by atoms with E-state index in [1.54, 1.807) is 26.0 Å². The van der Waals surface area contributed by atoms with Crippen LogP contribution in [0.1, 0.15) is 32.3 Å². The summed E-state index contributed by atoms with van der Waals surface area (Å²) in [5, 5.41) is 4.79. The van der Waals surface area contributed by atoms with Gasteiger partial charge in [-0.05, 0) is 44.4 Å². The molecule has 0 unspecified atom stereocenters. The van der Waals surface area contributed by atoms with Gasteiger partial charge in [-0.15, -0.1) is 0 Å². The second-order valence-corrected chi connectivity index (χ2v) is 6.14. The third kappa shape index (κ3) is 7.01. The van der Waals surface area contributed by atoms with Crippen LogP contribution in [0.25, 0.3) is 0 Å². The van der Waals surface area contributed by atoms with Crippen molar-refractivity contribution in [1.82, 2.24) is 15.5 Å². The zero-order valence-corrected chi connectivity index (χ0v) is 15.5. The number of amides is 3. The Hall–Kier alpha value is -2.42. The van der Waals surface area contributed by atoms with Crippen molar-refractivity contribution in [3.63, 3.8) is 0 Å². The summed E-state index contributed by atoms with van der Waals surface area (Å²) in [7, 11) is 0. The van der Waals surface area contributed by atoms with Gasteiger partial charge in [0.05, 0.1) is 13.2 Å². The summed E-state index contributed by atoms with van der Waals surface area (Å²) in [6.45, 7) is 1.82. The second kappa shape index (κ2) is 10.1. The van der Waals surface area contributed by atoms with Crippen molar-refractivity contribution in [2.24, 2.45) is 0 Å². The maximum atomic E-state index is 12.5. The molecule has 1 saturated carbocycles. The molecule has 9 heteroatoms. The Balaban J connectivity index is 2.04. The number of nitrogens with one attached hydrogen (secondary N) is 2. The van der Waals surface area contributed by atoms with Gasteiger partial charge in [0, 0.05) is 19.1 Å². The van der Waals surface area contributed by atoms with Gasteiger partial charge in [-0.3, -0.25) is 15.0 Å². The maximum Gasteiger partial charge on any atom is 0.387 e. The van der Waals surface area contributed by atoms with Gasteiger partial charge in [0.2, 0.25) is 5.91 Å². The average molecular weight is 385 g/mol. The van der Waals surface area contributed by atoms with E-state index in [0.29, 0.717) is 19.7 Å². The van der Waals surface area contributed by atoms with Gasteiger partial charge < -0.3 is 14.8 Å². The monoisotopic (exact) mass is 385 g/mol. The molecule has 1 aliphatic rings. The number of rotatable bonds is 10. The fourth-order valence-electron chi connectivity index (χ4n) is 2.66. The van der Waals surface area contributed by atoms with Crippen LogP contribution in [0, 0.1) is 0 Å². The number of alkyl halides is 2. The SMILES string of the molecule is CCNC(=O)NC(=O)CN(Cc1ccc(OC(F)F)c(OCC)c1)C1CC1. The number of nitrogens with zero attached hydrogens (tertiary/aromatic N) is 1. The zero-order chi connectivity index (χ0) is 19.8. The van der Waals surface area contributed by atoms with E-state index in [-0.39, 0.29) is 24.1 Å². The fraction of sp³-hybridized carbons (Fsp3) is 0.556. The first-order chi connectivity index (χ1) is 12.9. The van der Waals surface area contributed by atoms with Crippen molar-refractivity contribution in [3.05, 3.63) is 23.8 Å². The highest BCUT2D eigenvalue weighted by atomic mass is 19.3. The highest BCUT2D eigenvalue weighted by molar-refractivity contribution is 5.95. The topological polar surface area (TPSA) is 79.9 Å². The molecule has 0 aliphatic heterocycles. The Morgan fingerprint density at radius 1 is 1.26 bits per heavy atom. The lowest BCUT2D eigenvalue weighted by molar-refractivity contribution is -0.121. The van der Waals surface area contributed by atoms with Crippen LogP contribution < -0.4 is 20.1 Å². The summed E-state index contributed by atoms with van der Waals surface area (Å²) >= 11 is 0. The van der Waals surface area contributed by atoms with Crippen LogP contribution in [0.5, 0.6) is 11.5 Å². The molecule has 1 aromatic rings. The lowest BCUT2D eigenvalue weighted by atomic mass is 10.2. The number of ether oxygens (including phenoxy) is 2. The van der Waals surface area contributed by atoms with E-state index < -0.39 is 18.5 Å². The lowest BCUT2D eigenvalue weighted by Gasteiger charge is -2.22. The van der Waals surface area contributed by atoms with Gasteiger partial charge in [-0.2, -0.15) is 8.78 Å². The first-order valence-corrected chi connectivity index (χ1v) is 8.95. The molecule has 1 aliphatic carbocycles. The molecule has 0 bridgehead atoms. The number of carbonyl (C=O) groups excluding carboxylic acids is 2. The van der Waals surface area contributed by atoms with Crippen molar-refractivity contribution in [2.75, 3.05) is 19.7 Å². The quantitative estimate of drug-likeness (QED) is 0.647. The molecule has 27 heavy (non-hydrogen) atoms. The molecule has 0 saturated heterocycles. The molecule has 0 radical (unpaired) electrons. The molecule has 1 fully saturated rings. The summed E-state index contributed by atoms with van der Waals surface area (Å²) in [6.07, 6.45) is 1.94. The van der Waals surface area contributed by atoms with E-state index in [4.69, 9.17) is 4.74 Å². The normalized spacial score (nSPS) is 13.6. The Bertz CT molecular complexity index is 653. The predicted molar refractivity (Wildman–Crippen MR) is 94.9 cm³/mol. The molecule has 3 amide bonds. The predicted octanol–water partition coefficient (Wildman–Crippen LogP) is 2.50. The van der Waals surface area contributed by atoms with E-state index >= 15 is 0 Å². The number of benzene rings is 1. The van der Waals surface area contributed by atoms with Crippen LogP contribution >= 0.6 is 0 Å². The summed E-state index contributed by atoms with van der Waals surface area (Å²) in [6, 6.07) is 4.48. The Morgan fingerprint density at radius 2 is 2.00 bits per heavy atom. The molecule has 0 aromatic heterocycles. The molecule has 0 atom stereocenters. The van der Waals surface area contributed by atoms with Crippen molar-refractivity contribution >= 4 is 11.9 Å². The smallest absolute Gasteiger partial charge is 0.387 e. The van der Waals surface area contributed by atoms with Crippen LogP contribution in [0.4, 0.5) is 13.6 Å². The minimum absolute atomic E-state index is 0.0254. The number of hydrogen-bond donors (Lipinski definition) is 2. The van der Waals surface area contributed by atoms with E-state index in [1.165, 1.54) is 6.07 Å². The summed E-state index contributed by atoms with van der Waals surface area (Å²) < 4.78 is 34.9. The molecule has 0 heterocycles. The first-order valence-electron chi connectivity index (χ1n) is 8.95. The third-order valence-corrected chi connectivity index (χ3v) is 3.91. The molecule has 7 nitrogen and oxygen atoms in total. The van der Waals surface area contributed by atoms with Gasteiger partial charge in [0.15, 0.2) is 11.5 Å². The van der Waals surface area contributed by atoms with Gasteiger partial charge >= 0.3 is 12.6 Å². The van der Waals surface area contributed by atoms with E-state index in [2.05, 4.69) is 15.4 Å². The highest BCUT2D eigenvalue weighted by Crippen LogP contribution is 2.32.